The van der Waals surface area contributed by atoms with Gasteiger partial charge in [-0.3, -0.25) is 4.79 Å². The first-order chi connectivity index (χ1) is 16.7. The highest BCUT2D eigenvalue weighted by Gasteiger charge is 2.12. The molecule has 0 atom stereocenters. The summed E-state index contributed by atoms with van der Waals surface area (Å²) in [6.45, 7) is 12.0. The number of amides is 1. The predicted octanol–water partition coefficient (Wildman–Crippen LogP) is 7.97. The van der Waals surface area contributed by atoms with Gasteiger partial charge in [0.05, 0.1) is 6.61 Å². The number of hydrogen-bond donors (Lipinski definition) is 1. The van der Waals surface area contributed by atoms with Crippen LogP contribution in [0.25, 0.3) is 0 Å². The van der Waals surface area contributed by atoms with Crippen LogP contribution in [0.1, 0.15) is 149 Å². The van der Waals surface area contributed by atoms with Gasteiger partial charge in [-0.05, 0) is 45.2 Å². The molecule has 0 aliphatic carbocycles. The number of aliphatic hydroxyl groups excluding tert-OH is 1. The lowest BCUT2D eigenvalue weighted by molar-refractivity contribution is -0.131. The molecule has 0 heterocycles. The van der Waals surface area contributed by atoms with Crippen molar-refractivity contribution in [1.82, 2.24) is 9.80 Å². The van der Waals surface area contributed by atoms with E-state index in [9.17, 15) is 9.90 Å². The minimum absolute atomic E-state index is 0.264. The van der Waals surface area contributed by atoms with Crippen LogP contribution in [0.4, 0.5) is 0 Å². The molecule has 0 fully saturated rings. The minimum atomic E-state index is 0.264. The summed E-state index contributed by atoms with van der Waals surface area (Å²) in [6, 6.07) is 0. The summed E-state index contributed by atoms with van der Waals surface area (Å²) in [5.41, 5.74) is 0. The smallest absolute Gasteiger partial charge is 0.222 e. The molecule has 0 saturated heterocycles. The lowest BCUT2D eigenvalue weighted by Crippen LogP contribution is -2.32. The standard InChI is InChI=1S/C30H62N2O2/c1-4-7-10-12-17-21-26-32(27-22-18-13-11-8-5-2)30(34)23-19-15-14-16-20-25-31(28-29-33)24-9-6-3/h33H,4-29H2,1-3H3. The van der Waals surface area contributed by atoms with E-state index in [-0.39, 0.29) is 6.61 Å². The maximum absolute atomic E-state index is 12.9. The average molecular weight is 483 g/mol. The Balaban J connectivity index is 4.10. The quantitative estimate of drug-likeness (QED) is 0.121. The third-order valence-corrected chi connectivity index (χ3v) is 7.02. The van der Waals surface area contributed by atoms with E-state index in [1.54, 1.807) is 0 Å². The molecule has 1 amide bonds. The molecule has 4 heteroatoms. The highest BCUT2D eigenvalue weighted by atomic mass is 16.3. The van der Waals surface area contributed by atoms with Crippen molar-refractivity contribution in [3.8, 4) is 0 Å². The van der Waals surface area contributed by atoms with Crippen LogP contribution in [-0.4, -0.2) is 60.1 Å². The maximum Gasteiger partial charge on any atom is 0.222 e. The Hall–Kier alpha value is -0.610. The Bertz CT molecular complexity index is 401. The third kappa shape index (κ3) is 21.9. The van der Waals surface area contributed by atoms with E-state index in [0.717, 1.165) is 45.6 Å². The van der Waals surface area contributed by atoms with Crippen molar-refractivity contribution < 1.29 is 9.90 Å². The van der Waals surface area contributed by atoms with Gasteiger partial charge in [-0.2, -0.15) is 0 Å². The second-order valence-corrected chi connectivity index (χ2v) is 10.4. The Kier molecular flexibility index (Phi) is 26.5. The van der Waals surface area contributed by atoms with Gasteiger partial charge in [0, 0.05) is 26.1 Å². The van der Waals surface area contributed by atoms with Gasteiger partial charge in [-0.25, -0.2) is 0 Å². The van der Waals surface area contributed by atoms with Crippen LogP contribution in [-0.2, 0) is 4.79 Å². The molecule has 4 nitrogen and oxygen atoms in total. The monoisotopic (exact) mass is 482 g/mol. The van der Waals surface area contributed by atoms with Gasteiger partial charge >= 0.3 is 0 Å². The van der Waals surface area contributed by atoms with E-state index in [1.807, 2.05) is 0 Å². The predicted molar refractivity (Wildman–Crippen MR) is 149 cm³/mol. The van der Waals surface area contributed by atoms with Gasteiger partial charge in [-0.1, -0.05) is 111 Å². The molecule has 0 saturated carbocycles. The molecule has 204 valence electrons. The van der Waals surface area contributed by atoms with Crippen LogP contribution >= 0.6 is 0 Å². The largest absolute Gasteiger partial charge is 0.395 e. The first kappa shape index (κ1) is 33.4. The number of carbonyl (C=O) groups excluding carboxylic acids is 1. The fourth-order valence-electron chi connectivity index (χ4n) is 4.69. The van der Waals surface area contributed by atoms with Crippen molar-refractivity contribution >= 4 is 5.91 Å². The lowest BCUT2D eigenvalue weighted by atomic mass is 10.1. The van der Waals surface area contributed by atoms with Crippen molar-refractivity contribution in [1.29, 1.82) is 0 Å². The van der Waals surface area contributed by atoms with Crippen LogP contribution in [0, 0.1) is 0 Å². The van der Waals surface area contributed by atoms with Gasteiger partial charge < -0.3 is 14.9 Å². The summed E-state index contributed by atoms with van der Waals surface area (Å²) >= 11 is 0. The first-order valence-electron chi connectivity index (χ1n) is 15.3. The van der Waals surface area contributed by atoms with Crippen LogP contribution in [0.3, 0.4) is 0 Å². The molecule has 1 N–H and O–H groups in total. The number of unbranched alkanes of at least 4 members (excludes halogenated alkanes) is 15. The molecular weight excluding hydrogens is 420 g/mol. The van der Waals surface area contributed by atoms with Gasteiger partial charge in [-0.15, -0.1) is 0 Å². The molecule has 0 aliphatic heterocycles. The Morgan fingerprint density at radius 3 is 1.41 bits per heavy atom. The summed E-state index contributed by atoms with van der Waals surface area (Å²) in [4.78, 5) is 17.5. The molecule has 0 aromatic rings. The zero-order valence-electron chi connectivity index (χ0n) is 23.6. The van der Waals surface area contributed by atoms with E-state index in [0.29, 0.717) is 5.91 Å². The molecule has 0 bridgehead atoms. The summed E-state index contributed by atoms with van der Waals surface area (Å²) in [6.07, 6.45) is 24.5. The van der Waals surface area contributed by atoms with Gasteiger partial charge in [0.1, 0.15) is 0 Å². The first-order valence-corrected chi connectivity index (χ1v) is 15.3. The Labute approximate surface area is 214 Å². The molecule has 0 rings (SSSR count). The molecule has 0 aromatic carbocycles. The van der Waals surface area contributed by atoms with Gasteiger partial charge in [0.25, 0.3) is 0 Å². The summed E-state index contributed by atoms with van der Waals surface area (Å²) < 4.78 is 0. The van der Waals surface area contributed by atoms with E-state index in [1.165, 1.54) is 116 Å². The van der Waals surface area contributed by atoms with Gasteiger partial charge in [0.2, 0.25) is 5.91 Å². The number of carbonyl (C=O) groups is 1. The molecular formula is C30H62N2O2. The van der Waals surface area contributed by atoms with Crippen molar-refractivity contribution in [3.05, 3.63) is 0 Å². The van der Waals surface area contributed by atoms with E-state index in [2.05, 4.69) is 30.6 Å². The topological polar surface area (TPSA) is 43.8 Å². The van der Waals surface area contributed by atoms with Crippen LogP contribution in [0.5, 0.6) is 0 Å². The highest BCUT2D eigenvalue weighted by Crippen LogP contribution is 2.12. The molecule has 34 heavy (non-hydrogen) atoms. The molecule has 0 spiro atoms. The highest BCUT2D eigenvalue weighted by molar-refractivity contribution is 5.76. The SMILES string of the molecule is CCCCCCCCN(CCCCCCCC)C(=O)CCCCCCCN(CCO)CCCC. The van der Waals surface area contributed by atoms with E-state index >= 15 is 0 Å². The second kappa shape index (κ2) is 27.0. The molecule has 0 radical (unpaired) electrons. The number of rotatable bonds is 27. The van der Waals surface area contributed by atoms with Crippen LogP contribution in [0.15, 0.2) is 0 Å². The fourth-order valence-corrected chi connectivity index (χ4v) is 4.69. The van der Waals surface area contributed by atoms with Crippen molar-refractivity contribution in [3.63, 3.8) is 0 Å². The lowest BCUT2D eigenvalue weighted by Gasteiger charge is -2.23. The average Bonchev–Trinajstić information content (AvgIpc) is 2.84. The van der Waals surface area contributed by atoms with Crippen LogP contribution in [0.2, 0.25) is 0 Å². The van der Waals surface area contributed by atoms with Crippen LogP contribution < -0.4 is 0 Å². The second-order valence-electron chi connectivity index (χ2n) is 10.4. The van der Waals surface area contributed by atoms with Crippen molar-refractivity contribution in [2.45, 2.75) is 149 Å². The van der Waals surface area contributed by atoms with Crippen molar-refractivity contribution in [2.75, 3.05) is 39.3 Å². The zero-order chi connectivity index (χ0) is 25.1. The number of aliphatic hydroxyl groups is 1. The Morgan fingerprint density at radius 1 is 0.500 bits per heavy atom. The zero-order valence-corrected chi connectivity index (χ0v) is 23.6. The molecule has 0 aromatic heterocycles. The fraction of sp³-hybridized carbons (Fsp3) is 0.967. The van der Waals surface area contributed by atoms with E-state index < -0.39 is 0 Å². The summed E-state index contributed by atoms with van der Waals surface area (Å²) in [5.74, 6) is 0.399. The molecule has 0 unspecified atom stereocenters. The minimum Gasteiger partial charge on any atom is -0.395 e. The normalized spacial score (nSPS) is 11.4. The van der Waals surface area contributed by atoms with Gasteiger partial charge in [0.15, 0.2) is 0 Å². The summed E-state index contributed by atoms with van der Waals surface area (Å²) in [7, 11) is 0. The Morgan fingerprint density at radius 2 is 0.912 bits per heavy atom. The molecule has 0 aliphatic rings. The van der Waals surface area contributed by atoms with E-state index in [4.69, 9.17) is 0 Å². The maximum atomic E-state index is 12.9. The number of hydrogen-bond acceptors (Lipinski definition) is 3. The third-order valence-electron chi connectivity index (χ3n) is 7.02. The number of nitrogens with zero attached hydrogens (tertiary/aromatic N) is 2. The van der Waals surface area contributed by atoms with Crippen molar-refractivity contribution in [2.24, 2.45) is 0 Å². The summed E-state index contributed by atoms with van der Waals surface area (Å²) in [5, 5.41) is 9.23.